The molecule has 1 heterocycles. The summed E-state index contributed by atoms with van der Waals surface area (Å²) < 4.78 is 0. The van der Waals surface area contributed by atoms with Crippen molar-refractivity contribution in [3.63, 3.8) is 0 Å². The van der Waals surface area contributed by atoms with Crippen molar-refractivity contribution in [2.45, 2.75) is 0 Å². The maximum absolute atomic E-state index is 4.07. The molecule has 0 saturated carbocycles. The van der Waals surface area contributed by atoms with Gasteiger partial charge in [-0.3, -0.25) is 0 Å². The van der Waals surface area contributed by atoms with Gasteiger partial charge in [-0.2, -0.15) is 0 Å². The Bertz CT molecular complexity index is 300. The Hall–Kier alpha value is 1.56. The maximum Gasteiger partial charge on any atom is 1.00 e. The predicted molar refractivity (Wildman–Crippen MR) is 42.9 cm³/mol. The van der Waals surface area contributed by atoms with E-state index in [4.69, 9.17) is 0 Å². The molecule has 13 heavy (non-hydrogen) atoms. The van der Waals surface area contributed by atoms with E-state index in [2.05, 4.69) is 9.97 Å². The van der Waals surface area contributed by atoms with Gasteiger partial charge in [-0.05, 0) is 6.07 Å². The molecular weight excluding hydrogens is 193 g/mol. The maximum atomic E-state index is 4.07. The van der Waals surface area contributed by atoms with Gasteiger partial charge < -0.3 is 4.28 Å². The fourth-order valence-electron chi connectivity index (χ4n) is 0.923. The molecule has 0 fully saturated rings. The average Bonchev–Trinajstić information content (AvgIpc) is 2.05. The number of aromatic nitrogens is 2. The van der Waals surface area contributed by atoms with Crippen LogP contribution in [0.25, 0.3) is 10.9 Å². The molecule has 0 unspecified atom stereocenters. The second kappa shape index (κ2) is 8.84. The van der Waals surface area contributed by atoms with E-state index < -0.39 is 0 Å². The number of para-hydroxylation sites is 1. The summed E-state index contributed by atoms with van der Waals surface area (Å²) in [4.78, 5) is 7.97. The van der Waals surface area contributed by atoms with Gasteiger partial charge in [-0.15, -0.1) is 0 Å². The Balaban J connectivity index is -0.0000000672. The molecule has 54 valence electrons. The van der Waals surface area contributed by atoms with Crippen LogP contribution in [0.15, 0.2) is 36.8 Å². The first-order valence-corrected chi connectivity index (χ1v) is 3.11. The summed E-state index contributed by atoms with van der Waals surface area (Å²) in [5.74, 6) is 0. The van der Waals surface area contributed by atoms with Crippen LogP contribution >= 0.6 is 0 Å². The quantitative estimate of drug-likeness (QED) is 0.397. The van der Waals surface area contributed by atoms with Crippen molar-refractivity contribution in [3.8, 4) is 0 Å². The fourth-order valence-corrected chi connectivity index (χ4v) is 0.923. The van der Waals surface area contributed by atoms with E-state index in [0.717, 1.165) is 10.9 Å². The van der Waals surface area contributed by atoms with Gasteiger partial charge >= 0.3 is 88.7 Å². The largest absolute Gasteiger partial charge is 1.00 e. The Morgan fingerprint density at radius 3 is 2.38 bits per heavy atom. The van der Waals surface area contributed by atoms with E-state index in [9.17, 15) is 0 Å². The van der Waals surface area contributed by atoms with E-state index in [1.165, 1.54) is 0 Å². The SMILES string of the molecule is [H-].[H-].[H-].[Na+].[Na+].[Na+].c1ccc2ncncc2c1. The first kappa shape index (κ1) is 17.0. The molecule has 0 radical (unpaired) electrons. The second-order valence-corrected chi connectivity index (χ2v) is 2.08. The van der Waals surface area contributed by atoms with Gasteiger partial charge in [0.25, 0.3) is 0 Å². The minimum atomic E-state index is 0. The Kier molecular flexibility index (Phi) is 11.5. The molecule has 0 N–H and O–H groups in total. The number of rotatable bonds is 0. The topological polar surface area (TPSA) is 25.8 Å². The Labute approximate surface area is 148 Å². The predicted octanol–water partition coefficient (Wildman–Crippen LogP) is -7.02. The van der Waals surface area contributed by atoms with E-state index in [-0.39, 0.29) is 93.0 Å². The summed E-state index contributed by atoms with van der Waals surface area (Å²) in [6.07, 6.45) is 3.37. The number of hydrogen-bond acceptors (Lipinski definition) is 2. The molecule has 0 saturated heterocycles. The molecule has 0 amide bonds. The smallest absolute Gasteiger partial charge is 1.00 e. The van der Waals surface area contributed by atoms with Crippen molar-refractivity contribution in [1.29, 1.82) is 0 Å². The van der Waals surface area contributed by atoms with Crippen LogP contribution in [0.2, 0.25) is 0 Å². The summed E-state index contributed by atoms with van der Waals surface area (Å²) in [7, 11) is 0. The summed E-state index contributed by atoms with van der Waals surface area (Å²) >= 11 is 0. The van der Waals surface area contributed by atoms with Crippen LogP contribution in [0, 0.1) is 0 Å². The molecule has 0 spiro atoms. The molecule has 1 aromatic carbocycles. The number of hydrogen-bond donors (Lipinski definition) is 0. The Morgan fingerprint density at radius 2 is 1.69 bits per heavy atom. The van der Waals surface area contributed by atoms with Crippen LogP contribution in [0.3, 0.4) is 0 Å². The van der Waals surface area contributed by atoms with Crippen LogP contribution in [0.1, 0.15) is 4.28 Å². The third-order valence-corrected chi connectivity index (χ3v) is 1.41. The van der Waals surface area contributed by atoms with Crippen molar-refractivity contribution in [1.82, 2.24) is 9.97 Å². The molecule has 0 aliphatic heterocycles. The molecule has 0 aliphatic carbocycles. The van der Waals surface area contributed by atoms with Crippen LogP contribution in [0.4, 0.5) is 0 Å². The van der Waals surface area contributed by atoms with Crippen LogP contribution < -0.4 is 88.7 Å². The van der Waals surface area contributed by atoms with E-state index >= 15 is 0 Å². The van der Waals surface area contributed by atoms with Crippen molar-refractivity contribution in [3.05, 3.63) is 36.8 Å². The Morgan fingerprint density at radius 1 is 1.00 bits per heavy atom. The fraction of sp³-hybridized carbons (Fsp3) is 0. The van der Waals surface area contributed by atoms with Gasteiger partial charge in [-0.1, -0.05) is 18.2 Å². The summed E-state index contributed by atoms with van der Waals surface area (Å²) in [5.41, 5.74) is 0.998. The van der Waals surface area contributed by atoms with Gasteiger partial charge in [0.15, 0.2) is 0 Å². The van der Waals surface area contributed by atoms with Gasteiger partial charge in [0, 0.05) is 11.6 Å². The van der Waals surface area contributed by atoms with Gasteiger partial charge in [0.05, 0.1) is 5.52 Å². The van der Waals surface area contributed by atoms with E-state index in [1.807, 2.05) is 30.5 Å². The zero-order valence-electron chi connectivity index (χ0n) is 11.4. The third-order valence-electron chi connectivity index (χ3n) is 1.41. The minimum Gasteiger partial charge on any atom is -1.00 e. The molecule has 2 nitrogen and oxygen atoms in total. The number of benzene rings is 1. The zero-order valence-corrected chi connectivity index (χ0v) is 14.4. The zero-order chi connectivity index (χ0) is 6.81. The molecule has 5 heteroatoms. The monoisotopic (exact) mass is 202 g/mol. The summed E-state index contributed by atoms with van der Waals surface area (Å²) in [6.45, 7) is 0. The molecule has 0 aliphatic rings. The van der Waals surface area contributed by atoms with E-state index in [0.29, 0.717) is 0 Å². The molecule has 2 rings (SSSR count). The minimum absolute atomic E-state index is 0. The van der Waals surface area contributed by atoms with E-state index in [1.54, 1.807) is 6.33 Å². The van der Waals surface area contributed by atoms with Crippen molar-refractivity contribution in [2.24, 2.45) is 0 Å². The normalized spacial score (nSPS) is 7.69. The standard InChI is InChI=1S/C8H6N2.3Na.3H/c1-2-4-8-7(3-1)5-9-6-10-8;;;;;;/h1-6H;;;;;;/q;3*+1;3*-1. The number of fused-ring (bicyclic) bond motifs is 1. The molecule has 2 aromatic rings. The third kappa shape index (κ3) is 4.74. The first-order valence-electron chi connectivity index (χ1n) is 3.11. The van der Waals surface area contributed by atoms with Crippen molar-refractivity contribution < 1.29 is 93.0 Å². The molecular formula is C8H9N2Na3. The van der Waals surface area contributed by atoms with Crippen molar-refractivity contribution >= 4 is 10.9 Å². The summed E-state index contributed by atoms with van der Waals surface area (Å²) in [5, 5.41) is 1.09. The number of nitrogens with zero attached hydrogens (tertiary/aromatic N) is 2. The molecule has 0 bridgehead atoms. The average molecular weight is 202 g/mol. The van der Waals surface area contributed by atoms with Gasteiger partial charge in [0.1, 0.15) is 6.33 Å². The van der Waals surface area contributed by atoms with Gasteiger partial charge in [0.2, 0.25) is 0 Å². The molecule has 0 atom stereocenters. The molecule has 1 aromatic heterocycles. The van der Waals surface area contributed by atoms with Crippen LogP contribution in [0.5, 0.6) is 0 Å². The first-order chi connectivity index (χ1) is 4.97. The summed E-state index contributed by atoms with van der Waals surface area (Å²) in [6, 6.07) is 7.91. The van der Waals surface area contributed by atoms with Crippen molar-refractivity contribution in [2.75, 3.05) is 0 Å². The van der Waals surface area contributed by atoms with Crippen LogP contribution in [-0.2, 0) is 0 Å². The van der Waals surface area contributed by atoms with Gasteiger partial charge in [-0.25, -0.2) is 9.97 Å². The van der Waals surface area contributed by atoms with Crippen LogP contribution in [-0.4, -0.2) is 9.97 Å². The second-order valence-electron chi connectivity index (χ2n) is 2.08.